The molecule has 0 aliphatic carbocycles. The minimum absolute atomic E-state index is 0.0324. The standard InChI is InChI=1S/C12H15N3O2S3/c13-6-9-1-2-12(11(14)5-9)20(16,17)15-7-10-8-18-3-4-19-10/h1-2,5,10,15H,3-4,7-8,14H2. The second-order valence-electron chi connectivity index (χ2n) is 4.28. The minimum Gasteiger partial charge on any atom is -0.398 e. The van der Waals surface area contributed by atoms with Crippen LogP contribution >= 0.6 is 23.5 Å². The number of nitrogen functional groups attached to an aromatic ring is 1. The first-order valence-electron chi connectivity index (χ1n) is 6.01. The fourth-order valence-corrected chi connectivity index (χ4v) is 5.71. The highest BCUT2D eigenvalue weighted by Crippen LogP contribution is 2.24. The van der Waals surface area contributed by atoms with Crippen LogP contribution in [0.25, 0.3) is 0 Å². The minimum atomic E-state index is -3.62. The van der Waals surface area contributed by atoms with E-state index >= 15 is 0 Å². The lowest BCUT2D eigenvalue weighted by Crippen LogP contribution is -2.33. The van der Waals surface area contributed by atoms with Crippen LogP contribution in [-0.2, 0) is 10.0 Å². The van der Waals surface area contributed by atoms with E-state index in [4.69, 9.17) is 11.0 Å². The Hall–Kier alpha value is -0.880. The number of benzene rings is 1. The number of sulfonamides is 1. The molecular formula is C12H15N3O2S3. The van der Waals surface area contributed by atoms with Crippen molar-refractivity contribution in [1.29, 1.82) is 5.26 Å². The second kappa shape index (κ2) is 6.72. The molecule has 1 fully saturated rings. The zero-order valence-corrected chi connectivity index (χ0v) is 13.2. The fourth-order valence-electron chi connectivity index (χ4n) is 1.80. The maximum atomic E-state index is 12.2. The van der Waals surface area contributed by atoms with Crippen molar-refractivity contribution in [3.05, 3.63) is 23.8 Å². The number of hydrogen-bond donors (Lipinski definition) is 2. The predicted octanol–water partition coefficient (Wildman–Crippen LogP) is 1.27. The highest BCUT2D eigenvalue weighted by molar-refractivity contribution is 8.06. The molecular weight excluding hydrogens is 314 g/mol. The van der Waals surface area contributed by atoms with Crippen molar-refractivity contribution < 1.29 is 8.42 Å². The van der Waals surface area contributed by atoms with E-state index in [2.05, 4.69) is 4.72 Å². The van der Waals surface area contributed by atoms with E-state index < -0.39 is 10.0 Å². The van der Waals surface area contributed by atoms with Gasteiger partial charge in [-0.25, -0.2) is 13.1 Å². The van der Waals surface area contributed by atoms with Gasteiger partial charge in [0, 0.05) is 29.1 Å². The summed E-state index contributed by atoms with van der Waals surface area (Å²) in [7, 11) is -3.62. The van der Waals surface area contributed by atoms with Crippen molar-refractivity contribution in [2.75, 3.05) is 29.5 Å². The Labute approximate surface area is 127 Å². The molecule has 0 aromatic heterocycles. The average Bonchev–Trinajstić information content (AvgIpc) is 2.46. The summed E-state index contributed by atoms with van der Waals surface area (Å²) in [5.41, 5.74) is 6.16. The van der Waals surface area contributed by atoms with Gasteiger partial charge in [0.2, 0.25) is 10.0 Å². The van der Waals surface area contributed by atoms with Gasteiger partial charge in [-0.2, -0.15) is 28.8 Å². The molecule has 1 aromatic carbocycles. The van der Waals surface area contributed by atoms with Crippen LogP contribution in [-0.4, -0.2) is 37.5 Å². The molecule has 3 N–H and O–H groups in total. The van der Waals surface area contributed by atoms with Crippen molar-refractivity contribution in [1.82, 2.24) is 4.72 Å². The zero-order valence-electron chi connectivity index (χ0n) is 10.7. The van der Waals surface area contributed by atoms with Crippen LogP contribution in [0.1, 0.15) is 5.56 Å². The summed E-state index contributed by atoms with van der Waals surface area (Å²) < 4.78 is 27.0. The molecule has 1 atom stereocenters. The van der Waals surface area contributed by atoms with Crippen LogP contribution in [0.5, 0.6) is 0 Å². The Bertz CT molecular complexity index is 619. The molecule has 1 aliphatic heterocycles. The van der Waals surface area contributed by atoms with Gasteiger partial charge in [-0.3, -0.25) is 0 Å². The summed E-state index contributed by atoms with van der Waals surface area (Å²) in [6.07, 6.45) is 0. The third kappa shape index (κ3) is 3.82. The summed E-state index contributed by atoms with van der Waals surface area (Å²) in [5.74, 6) is 3.13. The average molecular weight is 329 g/mol. The first-order valence-corrected chi connectivity index (χ1v) is 9.70. The lowest BCUT2D eigenvalue weighted by molar-refractivity contribution is 0.582. The molecule has 20 heavy (non-hydrogen) atoms. The number of nitriles is 1. The molecule has 0 saturated carbocycles. The number of nitrogens with zero attached hydrogens (tertiary/aromatic N) is 1. The Morgan fingerprint density at radius 2 is 2.25 bits per heavy atom. The van der Waals surface area contributed by atoms with Crippen LogP contribution in [0.3, 0.4) is 0 Å². The predicted molar refractivity (Wildman–Crippen MR) is 84.3 cm³/mol. The first-order chi connectivity index (χ1) is 9.53. The molecule has 108 valence electrons. The molecule has 0 amide bonds. The van der Waals surface area contributed by atoms with Crippen molar-refractivity contribution in [3.8, 4) is 6.07 Å². The smallest absolute Gasteiger partial charge is 0.242 e. The molecule has 1 saturated heterocycles. The van der Waals surface area contributed by atoms with Gasteiger partial charge >= 0.3 is 0 Å². The van der Waals surface area contributed by atoms with Crippen LogP contribution in [0, 0.1) is 11.3 Å². The van der Waals surface area contributed by atoms with E-state index in [-0.39, 0.29) is 10.6 Å². The van der Waals surface area contributed by atoms with Crippen LogP contribution in [0.4, 0.5) is 5.69 Å². The number of anilines is 1. The normalized spacial score (nSPS) is 19.4. The van der Waals surface area contributed by atoms with Gasteiger partial charge < -0.3 is 5.73 Å². The van der Waals surface area contributed by atoms with E-state index in [1.165, 1.54) is 18.2 Å². The first kappa shape index (κ1) is 15.5. The van der Waals surface area contributed by atoms with E-state index in [1.807, 2.05) is 17.8 Å². The van der Waals surface area contributed by atoms with E-state index in [0.717, 1.165) is 17.3 Å². The molecule has 0 spiro atoms. The summed E-state index contributed by atoms with van der Waals surface area (Å²) >= 11 is 3.63. The van der Waals surface area contributed by atoms with E-state index in [1.54, 1.807) is 11.8 Å². The quantitative estimate of drug-likeness (QED) is 0.808. The molecule has 0 radical (unpaired) electrons. The number of hydrogen-bond acceptors (Lipinski definition) is 6. The van der Waals surface area contributed by atoms with Gasteiger partial charge in [-0.1, -0.05) is 0 Å². The number of nitrogens with two attached hydrogens (primary N) is 1. The molecule has 8 heteroatoms. The third-order valence-corrected chi connectivity index (χ3v) is 7.16. The van der Waals surface area contributed by atoms with E-state index in [0.29, 0.717) is 17.4 Å². The number of nitrogens with one attached hydrogen (secondary N) is 1. The molecule has 5 nitrogen and oxygen atoms in total. The maximum absolute atomic E-state index is 12.2. The van der Waals surface area contributed by atoms with Crippen LogP contribution in [0.15, 0.2) is 23.1 Å². The van der Waals surface area contributed by atoms with Gasteiger partial charge in [-0.05, 0) is 18.2 Å². The lowest BCUT2D eigenvalue weighted by atomic mass is 10.2. The van der Waals surface area contributed by atoms with Gasteiger partial charge in [-0.15, -0.1) is 0 Å². The summed E-state index contributed by atoms with van der Waals surface area (Å²) in [6.45, 7) is 0.402. The monoisotopic (exact) mass is 329 g/mol. The fraction of sp³-hybridized carbons (Fsp3) is 0.417. The molecule has 1 aromatic rings. The van der Waals surface area contributed by atoms with Crippen molar-refractivity contribution in [3.63, 3.8) is 0 Å². The Morgan fingerprint density at radius 3 is 2.85 bits per heavy atom. The molecule has 2 rings (SSSR count). The number of thioether (sulfide) groups is 2. The lowest BCUT2D eigenvalue weighted by Gasteiger charge is -2.21. The largest absolute Gasteiger partial charge is 0.398 e. The highest BCUT2D eigenvalue weighted by atomic mass is 32.2. The van der Waals surface area contributed by atoms with Crippen molar-refractivity contribution >= 4 is 39.2 Å². The molecule has 1 unspecified atom stereocenters. The van der Waals surface area contributed by atoms with Crippen molar-refractivity contribution in [2.24, 2.45) is 0 Å². The van der Waals surface area contributed by atoms with Crippen LogP contribution < -0.4 is 10.5 Å². The molecule has 1 aliphatic rings. The Balaban J connectivity index is 2.08. The summed E-state index contributed by atoms with van der Waals surface area (Å²) in [6, 6.07) is 6.13. The van der Waals surface area contributed by atoms with E-state index in [9.17, 15) is 8.42 Å². The summed E-state index contributed by atoms with van der Waals surface area (Å²) in [5, 5.41) is 9.05. The van der Waals surface area contributed by atoms with Gasteiger partial charge in [0.25, 0.3) is 0 Å². The topological polar surface area (TPSA) is 96.0 Å². The third-order valence-electron chi connectivity index (χ3n) is 2.81. The summed E-state index contributed by atoms with van der Waals surface area (Å²) in [4.78, 5) is 0.0324. The van der Waals surface area contributed by atoms with Crippen LogP contribution in [0.2, 0.25) is 0 Å². The van der Waals surface area contributed by atoms with Gasteiger partial charge in [0.05, 0.1) is 17.3 Å². The molecule has 0 bridgehead atoms. The van der Waals surface area contributed by atoms with Crippen molar-refractivity contribution in [2.45, 2.75) is 10.1 Å². The second-order valence-corrected chi connectivity index (χ2v) is 8.58. The Kier molecular flexibility index (Phi) is 5.21. The molecule has 1 heterocycles. The van der Waals surface area contributed by atoms with Gasteiger partial charge in [0.15, 0.2) is 0 Å². The number of rotatable bonds is 4. The van der Waals surface area contributed by atoms with Gasteiger partial charge in [0.1, 0.15) is 4.90 Å². The zero-order chi connectivity index (χ0) is 14.6. The SMILES string of the molecule is N#Cc1ccc(S(=O)(=O)NCC2CSCCS2)c(N)c1. The maximum Gasteiger partial charge on any atom is 0.242 e. The Morgan fingerprint density at radius 1 is 1.45 bits per heavy atom. The highest BCUT2D eigenvalue weighted by Gasteiger charge is 2.21.